The molecule has 3 heteroatoms. The summed E-state index contributed by atoms with van der Waals surface area (Å²) in [6.07, 6.45) is 5.82. The minimum atomic E-state index is 0.0124. The number of rotatable bonds is 5. The van der Waals surface area contributed by atoms with Crippen molar-refractivity contribution in [3.05, 3.63) is 83.4 Å². The summed E-state index contributed by atoms with van der Waals surface area (Å²) in [5.41, 5.74) is 3.81. The van der Waals surface area contributed by atoms with E-state index in [1.165, 1.54) is 11.1 Å². The first-order valence-corrected chi connectivity index (χ1v) is 9.79. The average molecular weight is 363 g/mol. The van der Waals surface area contributed by atoms with Crippen molar-refractivity contribution >= 4 is 5.91 Å². The molecule has 0 bridgehead atoms. The summed E-state index contributed by atoms with van der Waals surface area (Å²) in [5.74, 6) is 0.0124. The van der Waals surface area contributed by atoms with E-state index in [1.54, 1.807) is 0 Å². The Labute approximate surface area is 163 Å². The van der Waals surface area contributed by atoms with Crippen molar-refractivity contribution in [3.63, 3.8) is 0 Å². The highest BCUT2D eigenvalue weighted by Gasteiger charge is 2.37. The molecular weight excluding hydrogens is 332 g/mol. The van der Waals surface area contributed by atoms with Gasteiger partial charge in [-0.05, 0) is 57.8 Å². The standard InChI is InChI=1S/C24H30N2O/c1-19(21-10-6-4-7-11-21)25-23(27)18-20-14-16-24(17-15-20,26(2)3)22-12-8-5-9-13-22/h4-13,18-19H,14-17H2,1-3H3,(H,25,27). The number of carbonyl (C=O) groups is 1. The summed E-state index contributed by atoms with van der Waals surface area (Å²) in [4.78, 5) is 14.8. The van der Waals surface area contributed by atoms with E-state index in [-0.39, 0.29) is 17.5 Å². The lowest BCUT2D eigenvalue weighted by Gasteiger charge is -2.44. The van der Waals surface area contributed by atoms with Crippen molar-refractivity contribution < 1.29 is 4.79 Å². The van der Waals surface area contributed by atoms with Crippen molar-refractivity contribution in [2.45, 2.75) is 44.2 Å². The fraction of sp³-hybridized carbons (Fsp3) is 0.375. The molecule has 2 aromatic rings. The lowest BCUT2D eigenvalue weighted by molar-refractivity contribution is -0.117. The molecule has 27 heavy (non-hydrogen) atoms. The fourth-order valence-corrected chi connectivity index (χ4v) is 4.14. The maximum atomic E-state index is 12.5. The van der Waals surface area contributed by atoms with Crippen LogP contribution in [0.15, 0.2) is 72.3 Å². The molecule has 1 atom stereocenters. The summed E-state index contributed by atoms with van der Waals surface area (Å²) < 4.78 is 0. The second kappa shape index (κ2) is 8.53. The van der Waals surface area contributed by atoms with Crippen LogP contribution < -0.4 is 5.32 Å². The highest BCUT2D eigenvalue weighted by Crippen LogP contribution is 2.42. The smallest absolute Gasteiger partial charge is 0.244 e. The van der Waals surface area contributed by atoms with E-state index in [9.17, 15) is 4.79 Å². The zero-order valence-electron chi connectivity index (χ0n) is 16.6. The molecule has 1 unspecified atom stereocenters. The van der Waals surface area contributed by atoms with Crippen LogP contribution in [0.5, 0.6) is 0 Å². The minimum absolute atomic E-state index is 0.0124. The largest absolute Gasteiger partial charge is 0.346 e. The minimum Gasteiger partial charge on any atom is -0.346 e. The van der Waals surface area contributed by atoms with Gasteiger partial charge >= 0.3 is 0 Å². The Hall–Kier alpha value is -2.39. The van der Waals surface area contributed by atoms with Crippen molar-refractivity contribution in [1.82, 2.24) is 10.2 Å². The van der Waals surface area contributed by atoms with E-state index < -0.39 is 0 Å². The first-order chi connectivity index (χ1) is 13.0. The first-order valence-electron chi connectivity index (χ1n) is 9.79. The molecule has 1 saturated carbocycles. The van der Waals surface area contributed by atoms with Crippen LogP contribution in [-0.2, 0) is 10.3 Å². The van der Waals surface area contributed by atoms with Crippen LogP contribution in [0.4, 0.5) is 0 Å². The maximum absolute atomic E-state index is 12.5. The number of nitrogens with zero attached hydrogens (tertiary/aromatic N) is 1. The Balaban J connectivity index is 1.64. The van der Waals surface area contributed by atoms with Crippen LogP contribution in [0.3, 0.4) is 0 Å². The monoisotopic (exact) mass is 362 g/mol. The number of allylic oxidation sites excluding steroid dienone is 1. The average Bonchev–Trinajstić information content (AvgIpc) is 2.69. The van der Waals surface area contributed by atoms with Gasteiger partial charge in [0.1, 0.15) is 0 Å². The number of nitrogens with one attached hydrogen (secondary N) is 1. The Morgan fingerprint density at radius 3 is 2.11 bits per heavy atom. The van der Waals surface area contributed by atoms with E-state index in [0.717, 1.165) is 31.2 Å². The van der Waals surface area contributed by atoms with Gasteiger partial charge in [0.05, 0.1) is 6.04 Å². The van der Waals surface area contributed by atoms with Crippen LogP contribution in [0.2, 0.25) is 0 Å². The molecule has 1 fully saturated rings. The highest BCUT2D eigenvalue weighted by molar-refractivity contribution is 5.88. The van der Waals surface area contributed by atoms with Gasteiger partial charge in [-0.25, -0.2) is 0 Å². The lowest BCUT2D eigenvalue weighted by atomic mass is 9.74. The van der Waals surface area contributed by atoms with Gasteiger partial charge < -0.3 is 5.32 Å². The molecule has 3 nitrogen and oxygen atoms in total. The van der Waals surface area contributed by atoms with Crippen molar-refractivity contribution in [2.75, 3.05) is 14.1 Å². The van der Waals surface area contributed by atoms with Gasteiger partial charge in [-0.2, -0.15) is 0 Å². The van der Waals surface area contributed by atoms with Crippen LogP contribution in [0, 0.1) is 0 Å². The molecular formula is C24H30N2O. The quantitative estimate of drug-likeness (QED) is 0.773. The lowest BCUT2D eigenvalue weighted by Crippen LogP contribution is -2.43. The molecule has 0 aromatic heterocycles. The predicted octanol–water partition coefficient (Wildman–Crippen LogP) is 4.82. The summed E-state index contributed by atoms with van der Waals surface area (Å²) in [7, 11) is 4.33. The van der Waals surface area contributed by atoms with Crippen molar-refractivity contribution in [2.24, 2.45) is 0 Å². The number of benzene rings is 2. The van der Waals surface area contributed by atoms with E-state index in [2.05, 4.69) is 54.6 Å². The summed E-state index contributed by atoms with van der Waals surface area (Å²) in [6.45, 7) is 2.03. The molecule has 1 N–H and O–H groups in total. The topological polar surface area (TPSA) is 32.3 Å². The Bertz CT molecular complexity index is 771. The normalized spacial score (nSPS) is 21.0. The molecule has 0 radical (unpaired) electrons. The molecule has 0 spiro atoms. The van der Waals surface area contributed by atoms with E-state index in [0.29, 0.717) is 0 Å². The van der Waals surface area contributed by atoms with Crippen molar-refractivity contribution in [3.8, 4) is 0 Å². The van der Waals surface area contributed by atoms with Crippen molar-refractivity contribution in [1.29, 1.82) is 0 Å². The number of hydrogen-bond acceptors (Lipinski definition) is 2. The van der Waals surface area contributed by atoms with E-state index in [4.69, 9.17) is 0 Å². The molecule has 3 rings (SSSR count). The van der Waals surface area contributed by atoms with Crippen LogP contribution in [0.25, 0.3) is 0 Å². The third kappa shape index (κ3) is 4.48. The zero-order valence-corrected chi connectivity index (χ0v) is 16.6. The summed E-state index contributed by atoms with van der Waals surface area (Å²) in [6, 6.07) is 20.9. The van der Waals surface area contributed by atoms with Gasteiger partial charge in [-0.1, -0.05) is 66.2 Å². The summed E-state index contributed by atoms with van der Waals surface area (Å²) in [5, 5.41) is 3.09. The second-order valence-corrected chi connectivity index (χ2v) is 7.74. The summed E-state index contributed by atoms with van der Waals surface area (Å²) >= 11 is 0. The Morgan fingerprint density at radius 1 is 1.00 bits per heavy atom. The molecule has 0 aliphatic heterocycles. The Morgan fingerprint density at radius 2 is 1.56 bits per heavy atom. The van der Waals surface area contributed by atoms with E-state index >= 15 is 0 Å². The molecule has 142 valence electrons. The molecule has 1 aliphatic rings. The molecule has 2 aromatic carbocycles. The Kier molecular flexibility index (Phi) is 6.12. The number of carbonyl (C=O) groups excluding carboxylic acids is 1. The predicted molar refractivity (Wildman–Crippen MR) is 111 cm³/mol. The fourth-order valence-electron chi connectivity index (χ4n) is 4.14. The maximum Gasteiger partial charge on any atom is 0.244 e. The van der Waals surface area contributed by atoms with Crippen LogP contribution >= 0.6 is 0 Å². The zero-order chi connectivity index (χ0) is 19.3. The van der Waals surface area contributed by atoms with Gasteiger partial charge in [-0.15, -0.1) is 0 Å². The van der Waals surface area contributed by atoms with Gasteiger partial charge in [-0.3, -0.25) is 9.69 Å². The van der Waals surface area contributed by atoms with Crippen LogP contribution in [-0.4, -0.2) is 24.9 Å². The van der Waals surface area contributed by atoms with Crippen LogP contribution in [0.1, 0.15) is 49.8 Å². The van der Waals surface area contributed by atoms with E-state index in [1.807, 2.05) is 43.3 Å². The SMILES string of the molecule is CC(NC(=O)C=C1CCC(c2ccccc2)(N(C)C)CC1)c1ccccc1. The van der Waals surface area contributed by atoms with Gasteiger partial charge in [0.15, 0.2) is 0 Å². The number of hydrogen-bond donors (Lipinski definition) is 1. The third-order valence-electron chi connectivity index (χ3n) is 5.88. The second-order valence-electron chi connectivity index (χ2n) is 7.74. The van der Waals surface area contributed by atoms with Gasteiger partial charge in [0, 0.05) is 11.6 Å². The first kappa shape index (κ1) is 19.4. The number of amides is 1. The molecule has 1 aliphatic carbocycles. The highest BCUT2D eigenvalue weighted by atomic mass is 16.1. The van der Waals surface area contributed by atoms with Gasteiger partial charge in [0.2, 0.25) is 5.91 Å². The molecule has 1 amide bonds. The third-order valence-corrected chi connectivity index (χ3v) is 5.88. The van der Waals surface area contributed by atoms with Gasteiger partial charge in [0.25, 0.3) is 0 Å². The molecule has 0 heterocycles. The molecule has 0 saturated heterocycles.